The zero-order valence-corrected chi connectivity index (χ0v) is 16.4. The van der Waals surface area contributed by atoms with Crippen LogP contribution in [0.5, 0.6) is 0 Å². The summed E-state index contributed by atoms with van der Waals surface area (Å²) < 4.78 is 1.79. The first kappa shape index (κ1) is 19.5. The molecule has 3 N–H and O–H groups in total. The van der Waals surface area contributed by atoms with Crippen LogP contribution in [0.4, 0.5) is 5.69 Å². The van der Waals surface area contributed by atoms with Crippen LogP contribution in [0.3, 0.4) is 0 Å². The van der Waals surface area contributed by atoms with Crippen molar-refractivity contribution in [1.82, 2.24) is 19.5 Å². The summed E-state index contributed by atoms with van der Waals surface area (Å²) in [4.78, 5) is 37.2. The first-order chi connectivity index (χ1) is 14.0. The van der Waals surface area contributed by atoms with Gasteiger partial charge in [0.25, 0.3) is 5.56 Å². The number of nitrogens with one attached hydrogen (secondary N) is 1. The molecule has 9 heteroatoms. The van der Waals surface area contributed by atoms with E-state index in [9.17, 15) is 14.7 Å². The van der Waals surface area contributed by atoms with Crippen LogP contribution in [0.1, 0.15) is 31.2 Å². The van der Waals surface area contributed by atoms with Gasteiger partial charge in [0.2, 0.25) is 0 Å². The highest BCUT2D eigenvalue weighted by atomic mass is 16.3. The number of fused-ring (bicyclic) bond motifs is 2. The third-order valence-electron chi connectivity index (χ3n) is 5.52. The predicted octanol–water partition coefficient (Wildman–Crippen LogP) is 0.627. The molecule has 0 spiro atoms. The van der Waals surface area contributed by atoms with Gasteiger partial charge < -0.3 is 19.7 Å². The summed E-state index contributed by atoms with van der Waals surface area (Å²) in [6.07, 6.45) is 2.23. The van der Waals surface area contributed by atoms with E-state index in [-0.39, 0.29) is 24.5 Å². The van der Waals surface area contributed by atoms with Crippen LogP contribution < -0.4 is 16.1 Å². The topological polar surface area (TPSA) is 124 Å². The molecule has 0 bridgehead atoms. The Morgan fingerprint density at radius 3 is 2.66 bits per heavy atom. The van der Waals surface area contributed by atoms with E-state index in [1.165, 1.54) is 0 Å². The molecule has 1 saturated heterocycles. The van der Waals surface area contributed by atoms with Gasteiger partial charge in [-0.1, -0.05) is 0 Å². The van der Waals surface area contributed by atoms with Crippen molar-refractivity contribution in [3.05, 3.63) is 38.5 Å². The van der Waals surface area contributed by atoms with Crippen LogP contribution >= 0.6 is 0 Å². The number of aromatic amines is 1. The molecular weight excluding hydrogens is 374 g/mol. The number of H-pyrrole nitrogens is 1. The molecule has 0 aliphatic carbocycles. The van der Waals surface area contributed by atoms with Gasteiger partial charge in [0.1, 0.15) is 0 Å². The molecule has 4 rings (SSSR count). The van der Waals surface area contributed by atoms with Crippen LogP contribution in [0.2, 0.25) is 0 Å². The Labute approximate surface area is 167 Å². The largest absolute Gasteiger partial charge is 0.396 e. The van der Waals surface area contributed by atoms with E-state index < -0.39 is 17.4 Å². The highest BCUT2D eigenvalue weighted by Gasteiger charge is 2.22. The molecule has 0 saturated carbocycles. The molecule has 1 atom stereocenters. The minimum absolute atomic E-state index is 0.0991. The fourth-order valence-corrected chi connectivity index (χ4v) is 4.03. The highest BCUT2D eigenvalue weighted by Crippen LogP contribution is 2.31. The van der Waals surface area contributed by atoms with Gasteiger partial charge >= 0.3 is 5.69 Å². The molecule has 3 aliphatic rings. The Balaban J connectivity index is 1.93. The van der Waals surface area contributed by atoms with Gasteiger partial charge in [-0.15, -0.1) is 0 Å². The number of hydrogen-bond acceptors (Lipinski definition) is 7. The Hall–Kier alpha value is -2.78. The average Bonchev–Trinajstić information content (AvgIpc) is 3.20. The highest BCUT2D eigenvalue weighted by molar-refractivity contribution is 5.84. The Morgan fingerprint density at radius 2 is 1.93 bits per heavy atom. The first-order valence-electron chi connectivity index (χ1n) is 9.97. The van der Waals surface area contributed by atoms with Gasteiger partial charge in [-0.2, -0.15) is 4.98 Å². The Morgan fingerprint density at radius 1 is 1.17 bits per heavy atom. The maximum Gasteiger partial charge on any atom is 0.349 e. The number of aromatic nitrogens is 4. The molecule has 29 heavy (non-hydrogen) atoms. The number of aliphatic hydroxyl groups is 2. The lowest BCUT2D eigenvalue weighted by atomic mass is 10.1. The fourth-order valence-electron chi connectivity index (χ4n) is 4.03. The van der Waals surface area contributed by atoms with Crippen molar-refractivity contribution in [3.63, 3.8) is 0 Å². The van der Waals surface area contributed by atoms with Crippen molar-refractivity contribution in [3.8, 4) is 11.5 Å². The van der Waals surface area contributed by atoms with Crippen molar-refractivity contribution >= 4 is 16.7 Å². The molecule has 0 amide bonds. The van der Waals surface area contributed by atoms with Crippen LogP contribution in [0.25, 0.3) is 22.6 Å². The zero-order valence-electron chi connectivity index (χ0n) is 16.4. The normalized spacial score (nSPS) is 15.5. The van der Waals surface area contributed by atoms with Crippen molar-refractivity contribution in [2.45, 2.75) is 45.3 Å². The molecule has 1 aromatic rings. The fraction of sp³-hybridized carbons (Fsp3) is 0.500. The third kappa shape index (κ3) is 3.75. The third-order valence-corrected chi connectivity index (χ3v) is 5.52. The van der Waals surface area contributed by atoms with Crippen LogP contribution in [0, 0.1) is 6.92 Å². The minimum atomic E-state index is -0.722. The number of benzene rings is 1. The Bertz CT molecular complexity index is 1120. The van der Waals surface area contributed by atoms with E-state index in [2.05, 4.69) is 19.9 Å². The molecule has 154 valence electrons. The van der Waals surface area contributed by atoms with E-state index in [1.807, 2.05) is 19.1 Å². The second-order valence-electron chi connectivity index (χ2n) is 7.58. The maximum atomic E-state index is 12.3. The number of aliphatic hydroxyl groups excluding tert-OH is 2. The summed E-state index contributed by atoms with van der Waals surface area (Å²) in [5.74, 6) is 0.207. The molecule has 0 radical (unpaired) electrons. The standard InChI is InChI=1S/C20H25N5O4/c1-12-10-14-16(11-15(12)24-6-2-3-7-24)25(8-4-13(27)5-9-26)18-17(21-14)19(28)23-20(29)22-18/h10-11,13,26-27H,2-9H2,1H3,(H,23,28,29). The second-order valence-corrected chi connectivity index (χ2v) is 7.58. The predicted molar refractivity (Wildman–Crippen MR) is 110 cm³/mol. The summed E-state index contributed by atoms with van der Waals surface area (Å²) in [5.41, 5.74) is 2.38. The first-order valence-corrected chi connectivity index (χ1v) is 9.97. The van der Waals surface area contributed by atoms with Gasteiger partial charge in [0, 0.05) is 31.9 Å². The van der Waals surface area contributed by atoms with Crippen LogP contribution in [0.15, 0.2) is 21.7 Å². The van der Waals surface area contributed by atoms with Crippen molar-refractivity contribution < 1.29 is 10.2 Å². The maximum absolute atomic E-state index is 12.3. The van der Waals surface area contributed by atoms with Gasteiger partial charge in [0.15, 0.2) is 11.5 Å². The molecule has 1 fully saturated rings. The van der Waals surface area contributed by atoms with E-state index in [4.69, 9.17) is 5.11 Å². The smallest absolute Gasteiger partial charge is 0.349 e. The van der Waals surface area contributed by atoms with Crippen LogP contribution in [-0.2, 0) is 6.54 Å². The average molecular weight is 399 g/mol. The van der Waals surface area contributed by atoms with Gasteiger partial charge in [-0.3, -0.25) is 9.78 Å². The lowest BCUT2D eigenvalue weighted by Gasteiger charge is -2.23. The number of nitrogens with zero attached hydrogens (tertiary/aromatic N) is 4. The molecule has 9 nitrogen and oxygen atoms in total. The van der Waals surface area contributed by atoms with E-state index in [0.29, 0.717) is 18.5 Å². The number of aryl methyl sites for hydroxylation is 2. The molecule has 1 unspecified atom stereocenters. The zero-order chi connectivity index (χ0) is 20.5. The van der Waals surface area contributed by atoms with Crippen molar-refractivity contribution in [2.75, 3.05) is 24.6 Å². The molecule has 1 aromatic carbocycles. The summed E-state index contributed by atoms with van der Waals surface area (Å²) in [5, 5.41) is 19.1. The summed E-state index contributed by atoms with van der Waals surface area (Å²) in [6, 6.07) is 3.99. The summed E-state index contributed by atoms with van der Waals surface area (Å²) in [6.45, 7) is 4.24. The number of rotatable bonds is 6. The van der Waals surface area contributed by atoms with Gasteiger partial charge in [-0.05, 0) is 50.3 Å². The monoisotopic (exact) mass is 399 g/mol. The molecule has 3 aliphatic heterocycles. The SMILES string of the molecule is Cc1cc2nc3c(=O)[nH]c(=O)nc-3n(CCC(O)CCO)c2cc1N1CCCC1. The lowest BCUT2D eigenvalue weighted by molar-refractivity contribution is 0.121. The van der Waals surface area contributed by atoms with Gasteiger partial charge in [0.05, 0.1) is 17.1 Å². The molecule has 0 aromatic heterocycles. The van der Waals surface area contributed by atoms with E-state index >= 15 is 0 Å². The lowest BCUT2D eigenvalue weighted by Crippen LogP contribution is -2.29. The minimum Gasteiger partial charge on any atom is -0.396 e. The number of hydrogen-bond donors (Lipinski definition) is 3. The van der Waals surface area contributed by atoms with E-state index in [1.54, 1.807) is 4.57 Å². The Kier molecular flexibility index (Phi) is 5.33. The quantitative estimate of drug-likeness (QED) is 0.519. The second kappa shape index (κ2) is 7.92. The number of anilines is 1. The molecular formula is C20H25N5O4. The molecule has 3 heterocycles. The van der Waals surface area contributed by atoms with Gasteiger partial charge in [-0.25, -0.2) is 9.78 Å². The van der Waals surface area contributed by atoms with Crippen LogP contribution in [-0.4, -0.2) is 55.5 Å². The summed E-state index contributed by atoms with van der Waals surface area (Å²) in [7, 11) is 0. The van der Waals surface area contributed by atoms with E-state index in [0.717, 1.165) is 42.7 Å². The summed E-state index contributed by atoms with van der Waals surface area (Å²) >= 11 is 0. The van der Waals surface area contributed by atoms with Crippen molar-refractivity contribution in [2.24, 2.45) is 0 Å². The van der Waals surface area contributed by atoms with Crippen molar-refractivity contribution in [1.29, 1.82) is 0 Å².